The van der Waals surface area contributed by atoms with Crippen LogP contribution in [-0.2, 0) is 14.3 Å². The van der Waals surface area contributed by atoms with Gasteiger partial charge in [-0.2, -0.15) is 0 Å². The lowest BCUT2D eigenvalue weighted by atomic mass is 10.0. The van der Waals surface area contributed by atoms with Crippen LogP contribution in [0, 0.1) is 5.92 Å². The molecule has 2 fully saturated rings. The van der Waals surface area contributed by atoms with Crippen molar-refractivity contribution >= 4 is 11.9 Å². The van der Waals surface area contributed by atoms with E-state index in [0.29, 0.717) is 6.61 Å². The Morgan fingerprint density at radius 3 is 2.61 bits per heavy atom. The van der Waals surface area contributed by atoms with Gasteiger partial charge >= 0.3 is 5.97 Å². The van der Waals surface area contributed by atoms with E-state index < -0.39 is 11.9 Å². The van der Waals surface area contributed by atoms with Gasteiger partial charge in [0.15, 0.2) is 0 Å². The molecule has 0 bridgehead atoms. The van der Waals surface area contributed by atoms with Crippen molar-refractivity contribution in [3.63, 3.8) is 0 Å². The van der Waals surface area contributed by atoms with Crippen molar-refractivity contribution in [2.45, 2.75) is 18.9 Å². The van der Waals surface area contributed by atoms with Crippen LogP contribution in [0.3, 0.4) is 0 Å². The molecular weight excluding hydrogens is 236 g/mol. The van der Waals surface area contributed by atoms with Crippen LogP contribution in [-0.4, -0.2) is 72.7 Å². The van der Waals surface area contributed by atoms with Gasteiger partial charge in [-0.05, 0) is 19.9 Å². The van der Waals surface area contributed by atoms with E-state index in [-0.39, 0.29) is 25.1 Å². The molecule has 2 atom stereocenters. The molecule has 2 aliphatic rings. The minimum absolute atomic E-state index is 0.0889. The number of carbonyl (C=O) groups excluding carboxylic acids is 1. The molecule has 0 spiro atoms. The quantitative estimate of drug-likeness (QED) is 0.744. The van der Waals surface area contributed by atoms with E-state index in [0.717, 1.165) is 25.9 Å². The van der Waals surface area contributed by atoms with E-state index >= 15 is 0 Å². The van der Waals surface area contributed by atoms with Crippen LogP contribution in [0.15, 0.2) is 0 Å². The average Bonchev–Trinajstić information content (AvgIpc) is 3.00. The Labute approximate surface area is 106 Å². The van der Waals surface area contributed by atoms with Crippen LogP contribution in [0.2, 0.25) is 0 Å². The standard InChI is InChI=1S/C12H20N2O4/c1-13(6-11(15)14-4-2-3-5-14)10-8-18-7-9(10)12(16)17/h9-10H,2-8H2,1H3,(H,16,17). The van der Waals surface area contributed by atoms with Gasteiger partial charge in [0, 0.05) is 19.1 Å². The maximum atomic E-state index is 12.0. The molecule has 6 heteroatoms. The van der Waals surface area contributed by atoms with Gasteiger partial charge in [0.1, 0.15) is 0 Å². The number of carboxylic acid groups (broad SMARTS) is 1. The summed E-state index contributed by atoms with van der Waals surface area (Å²) >= 11 is 0. The first-order chi connectivity index (χ1) is 8.59. The summed E-state index contributed by atoms with van der Waals surface area (Å²) in [5.74, 6) is -1.29. The molecule has 1 amide bonds. The molecule has 6 nitrogen and oxygen atoms in total. The molecule has 2 heterocycles. The number of nitrogens with zero attached hydrogens (tertiary/aromatic N) is 2. The number of aliphatic carboxylic acids is 1. The topological polar surface area (TPSA) is 70.1 Å². The number of hydrogen-bond acceptors (Lipinski definition) is 4. The van der Waals surface area contributed by atoms with Gasteiger partial charge in [-0.3, -0.25) is 14.5 Å². The number of likely N-dealkylation sites (N-methyl/N-ethyl adjacent to an activating group) is 1. The van der Waals surface area contributed by atoms with Gasteiger partial charge in [0.25, 0.3) is 0 Å². The highest BCUT2D eigenvalue weighted by atomic mass is 16.5. The predicted molar refractivity (Wildman–Crippen MR) is 64.2 cm³/mol. The zero-order chi connectivity index (χ0) is 13.1. The van der Waals surface area contributed by atoms with Crippen LogP contribution >= 0.6 is 0 Å². The second kappa shape index (κ2) is 5.67. The van der Waals surface area contributed by atoms with Crippen LogP contribution in [0.5, 0.6) is 0 Å². The molecule has 0 aromatic rings. The molecular formula is C12H20N2O4. The lowest BCUT2D eigenvalue weighted by Gasteiger charge is -2.27. The highest BCUT2D eigenvalue weighted by Crippen LogP contribution is 2.19. The Morgan fingerprint density at radius 2 is 2.00 bits per heavy atom. The van der Waals surface area contributed by atoms with Gasteiger partial charge in [0.2, 0.25) is 5.91 Å². The van der Waals surface area contributed by atoms with E-state index in [1.54, 1.807) is 7.05 Å². The number of carbonyl (C=O) groups is 2. The Balaban J connectivity index is 1.88. The number of rotatable bonds is 4. The summed E-state index contributed by atoms with van der Waals surface area (Å²) in [4.78, 5) is 26.7. The monoisotopic (exact) mass is 256 g/mol. The van der Waals surface area contributed by atoms with Crippen LogP contribution in [0.25, 0.3) is 0 Å². The summed E-state index contributed by atoms with van der Waals surface area (Å²) in [7, 11) is 1.79. The second-order valence-corrected chi connectivity index (χ2v) is 5.05. The predicted octanol–water partition coefficient (Wildman–Crippen LogP) is -0.360. The maximum Gasteiger partial charge on any atom is 0.310 e. The number of likely N-dealkylation sites (tertiary alicyclic amines) is 1. The van der Waals surface area contributed by atoms with Crippen LogP contribution in [0.1, 0.15) is 12.8 Å². The third-order valence-corrected chi connectivity index (χ3v) is 3.78. The van der Waals surface area contributed by atoms with E-state index in [4.69, 9.17) is 9.84 Å². The third-order valence-electron chi connectivity index (χ3n) is 3.78. The molecule has 2 unspecified atom stereocenters. The fourth-order valence-electron chi connectivity index (χ4n) is 2.61. The summed E-state index contributed by atoms with van der Waals surface area (Å²) in [5.41, 5.74) is 0. The van der Waals surface area contributed by atoms with Crippen molar-refractivity contribution in [1.29, 1.82) is 0 Å². The van der Waals surface area contributed by atoms with Crippen molar-refractivity contribution in [1.82, 2.24) is 9.80 Å². The van der Waals surface area contributed by atoms with Crippen molar-refractivity contribution < 1.29 is 19.4 Å². The van der Waals surface area contributed by atoms with Gasteiger partial charge in [-0.1, -0.05) is 0 Å². The van der Waals surface area contributed by atoms with Gasteiger partial charge in [-0.15, -0.1) is 0 Å². The van der Waals surface area contributed by atoms with E-state index in [9.17, 15) is 9.59 Å². The van der Waals surface area contributed by atoms with Crippen molar-refractivity contribution in [2.75, 3.05) is 39.9 Å². The summed E-state index contributed by atoms with van der Waals surface area (Å²) in [5, 5.41) is 9.08. The zero-order valence-electron chi connectivity index (χ0n) is 10.7. The first-order valence-electron chi connectivity index (χ1n) is 6.38. The molecule has 0 aliphatic carbocycles. The molecule has 0 aromatic heterocycles. The minimum Gasteiger partial charge on any atom is -0.481 e. The van der Waals surface area contributed by atoms with E-state index in [1.807, 2.05) is 9.80 Å². The highest BCUT2D eigenvalue weighted by Gasteiger charge is 2.37. The normalized spacial score (nSPS) is 28.0. The number of ether oxygens (including phenoxy) is 1. The molecule has 0 saturated carbocycles. The third kappa shape index (κ3) is 2.81. The zero-order valence-corrected chi connectivity index (χ0v) is 10.7. The lowest BCUT2D eigenvalue weighted by Crippen LogP contribution is -2.46. The Kier molecular flexibility index (Phi) is 4.19. The van der Waals surface area contributed by atoms with Crippen molar-refractivity contribution in [3.05, 3.63) is 0 Å². The largest absolute Gasteiger partial charge is 0.481 e. The fourth-order valence-corrected chi connectivity index (χ4v) is 2.61. The summed E-state index contributed by atoms with van der Waals surface area (Å²) in [6.07, 6.45) is 2.14. The van der Waals surface area contributed by atoms with E-state index in [1.165, 1.54) is 0 Å². The molecule has 2 saturated heterocycles. The Bertz CT molecular complexity index is 328. The smallest absolute Gasteiger partial charge is 0.310 e. The maximum absolute atomic E-state index is 12.0. The second-order valence-electron chi connectivity index (χ2n) is 5.05. The number of hydrogen-bond donors (Lipinski definition) is 1. The number of amides is 1. The lowest BCUT2D eigenvalue weighted by molar-refractivity contribution is -0.144. The van der Waals surface area contributed by atoms with Crippen molar-refractivity contribution in [3.8, 4) is 0 Å². The summed E-state index contributed by atoms with van der Waals surface area (Å²) in [6.45, 7) is 2.56. The average molecular weight is 256 g/mol. The summed E-state index contributed by atoms with van der Waals surface area (Å²) < 4.78 is 5.21. The first-order valence-corrected chi connectivity index (χ1v) is 6.38. The van der Waals surface area contributed by atoms with Gasteiger partial charge in [-0.25, -0.2) is 0 Å². The first kappa shape index (κ1) is 13.3. The Hall–Kier alpha value is -1.14. The molecule has 2 rings (SSSR count). The SMILES string of the molecule is CN(CC(=O)N1CCCC1)C1COCC1C(=O)O. The van der Waals surface area contributed by atoms with Gasteiger partial charge in [0.05, 0.1) is 25.7 Å². The minimum atomic E-state index is -0.849. The van der Waals surface area contributed by atoms with Crippen LogP contribution < -0.4 is 0 Å². The molecule has 0 aromatic carbocycles. The summed E-state index contributed by atoms with van der Waals surface area (Å²) in [6, 6.07) is -0.200. The molecule has 102 valence electrons. The fraction of sp³-hybridized carbons (Fsp3) is 0.833. The molecule has 1 N–H and O–H groups in total. The highest BCUT2D eigenvalue weighted by molar-refractivity contribution is 5.78. The van der Waals surface area contributed by atoms with E-state index in [2.05, 4.69) is 0 Å². The van der Waals surface area contributed by atoms with Crippen molar-refractivity contribution in [2.24, 2.45) is 5.92 Å². The molecule has 18 heavy (non-hydrogen) atoms. The Morgan fingerprint density at radius 1 is 1.33 bits per heavy atom. The number of carboxylic acids is 1. The molecule has 2 aliphatic heterocycles. The van der Waals surface area contributed by atoms with Gasteiger partial charge < -0.3 is 14.7 Å². The van der Waals surface area contributed by atoms with Crippen LogP contribution in [0.4, 0.5) is 0 Å². The molecule has 0 radical (unpaired) electrons.